The molecule has 0 aromatic heterocycles. The van der Waals surface area contributed by atoms with Gasteiger partial charge in [0.05, 0.1) is 10.5 Å². The van der Waals surface area contributed by atoms with Crippen molar-refractivity contribution in [3.63, 3.8) is 0 Å². The first-order chi connectivity index (χ1) is 5.70. The van der Waals surface area contributed by atoms with Gasteiger partial charge in [0.15, 0.2) is 0 Å². The maximum Gasteiger partial charge on any atom is 0.0515 e. The second-order valence-corrected chi connectivity index (χ2v) is 6.58. The van der Waals surface area contributed by atoms with Crippen LogP contribution in [0.15, 0.2) is 0 Å². The summed E-state index contributed by atoms with van der Waals surface area (Å²) < 4.78 is 11.8. The lowest BCUT2D eigenvalue weighted by Crippen LogP contribution is -2.47. The van der Waals surface area contributed by atoms with Crippen LogP contribution < -0.4 is 0 Å². The molecule has 5 atom stereocenters. The number of hydrogen-bond donors (Lipinski definition) is 0. The van der Waals surface area contributed by atoms with E-state index in [-0.39, 0.29) is 21.3 Å². The Morgan fingerprint density at radius 2 is 1.33 bits per heavy atom. The lowest BCUT2D eigenvalue weighted by Gasteiger charge is -2.39. The molecule has 0 radical (unpaired) electrons. The molecule has 2 aliphatic heterocycles. The fourth-order valence-electron chi connectivity index (χ4n) is 2.13. The highest BCUT2D eigenvalue weighted by Gasteiger charge is 2.42. The Morgan fingerprint density at radius 1 is 0.917 bits per heavy atom. The predicted molar refractivity (Wildman–Crippen MR) is 53.5 cm³/mol. The Kier molecular flexibility index (Phi) is 2.69. The van der Waals surface area contributed by atoms with Crippen molar-refractivity contribution in [3.05, 3.63) is 0 Å². The van der Waals surface area contributed by atoms with Crippen LogP contribution in [0.1, 0.15) is 25.7 Å². The molecule has 0 aromatic rings. The first-order valence-electron chi connectivity index (χ1n) is 4.37. The second kappa shape index (κ2) is 3.47. The fraction of sp³-hybridized carbons (Fsp3) is 1.00. The molecule has 2 aliphatic rings. The van der Waals surface area contributed by atoms with Crippen LogP contribution in [0.3, 0.4) is 0 Å². The van der Waals surface area contributed by atoms with Crippen molar-refractivity contribution in [2.24, 2.45) is 0 Å². The van der Waals surface area contributed by atoms with Crippen molar-refractivity contribution in [3.8, 4) is 0 Å². The number of alkyl halides is 2. The summed E-state index contributed by atoms with van der Waals surface area (Å²) in [4.78, 5) is 0. The highest BCUT2D eigenvalue weighted by Crippen LogP contribution is 2.38. The largest absolute Gasteiger partial charge is 0.259 e. The van der Waals surface area contributed by atoms with E-state index in [1.807, 2.05) is 0 Å². The van der Waals surface area contributed by atoms with E-state index in [2.05, 4.69) is 0 Å². The van der Waals surface area contributed by atoms with E-state index in [4.69, 9.17) is 23.2 Å². The van der Waals surface area contributed by atoms with Gasteiger partial charge < -0.3 is 0 Å². The van der Waals surface area contributed by atoms with E-state index in [0.717, 1.165) is 25.7 Å². The molecule has 1 nitrogen and oxygen atoms in total. The zero-order chi connectivity index (χ0) is 8.72. The molecule has 2 bridgehead atoms. The van der Waals surface area contributed by atoms with Gasteiger partial charge in [0.1, 0.15) is 0 Å². The molecule has 0 spiro atoms. The standard InChI is InChI=1S/C8H12Cl2OS/c9-5-1-3-7-6(10)2-4-8(5)12(7)11/h5-8H,1-4H2/t5-,6-,7-,8+,12?/m0/s1. The molecule has 1 unspecified atom stereocenters. The van der Waals surface area contributed by atoms with E-state index in [9.17, 15) is 4.21 Å². The van der Waals surface area contributed by atoms with Gasteiger partial charge in [-0.05, 0) is 25.7 Å². The Morgan fingerprint density at radius 3 is 1.75 bits per heavy atom. The van der Waals surface area contributed by atoms with Gasteiger partial charge in [0.25, 0.3) is 0 Å². The van der Waals surface area contributed by atoms with Gasteiger partial charge >= 0.3 is 0 Å². The molecular weight excluding hydrogens is 215 g/mol. The van der Waals surface area contributed by atoms with Crippen molar-refractivity contribution in [1.82, 2.24) is 0 Å². The summed E-state index contributed by atoms with van der Waals surface area (Å²) in [6.07, 6.45) is 3.88. The van der Waals surface area contributed by atoms with Crippen LogP contribution in [0, 0.1) is 0 Å². The third-order valence-electron chi connectivity index (χ3n) is 2.86. The molecule has 0 saturated carbocycles. The van der Waals surface area contributed by atoms with Crippen molar-refractivity contribution in [1.29, 1.82) is 0 Å². The zero-order valence-electron chi connectivity index (χ0n) is 6.71. The van der Waals surface area contributed by atoms with Gasteiger partial charge in [-0.15, -0.1) is 23.2 Å². The van der Waals surface area contributed by atoms with Crippen LogP contribution in [0.4, 0.5) is 0 Å². The number of halogens is 2. The molecule has 2 heterocycles. The first-order valence-corrected chi connectivity index (χ1v) is 6.52. The molecular formula is C8H12Cl2OS. The topological polar surface area (TPSA) is 17.1 Å². The molecule has 0 amide bonds. The monoisotopic (exact) mass is 226 g/mol. The number of hydrogen-bond acceptors (Lipinski definition) is 1. The Balaban J connectivity index is 2.18. The third kappa shape index (κ3) is 1.42. The summed E-state index contributed by atoms with van der Waals surface area (Å²) in [6, 6.07) is 0. The minimum absolute atomic E-state index is 0.131. The highest BCUT2D eigenvalue weighted by atomic mass is 35.5. The second-order valence-electron chi connectivity index (χ2n) is 3.59. The Labute approximate surface area is 85.3 Å². The van der Waals surface area contributed by atoms with Crippen molar-refractivity contribution in [2.75, 3.05) is 0 Å². The molecule has 0 aromatic carbocycles. The quantitative estimate of drug-likeness (QED) is 0.580. The summed E-state index contributed by atoms with van der Waals surface area (Å²) in [5, 5.41) is 0.707. The molecule has 4 heteroatoms. The average molecular weight is 227 g/mol. The lowest BCUT2D eigenvalue weighted by molar-refractivity contribution is 0.474. The summed E-state index contributed by atoms with van der Waals surface area (Å²) >= 11 is 12.2. The maximum absolute atomic E-state index is 11.8. The molecule has 2 saturated heterocycles. The van der Waals surface area contributed by atoms with Crippen molar-refractivity contribution >= 4 is 34.0 Å². The SMILES string of the molecule is O=S1[C@@H]2CC[C@H](Cl)[C@@H]1CC[C@@H]2Cl. The molecule has 12 heavy (non-hydrogen) atoms. The van der Waals surface area contributed by atoms with Crippen molar-refractivity contribution in [2.45, 2.75) is 46.9 Å². The highest BCUT2D eigenvalue weighted by molar-refractivity contribution is 7.86. The van der Waals surface area contributed by atoms with E-state index in [0.29, 0.717) is 0 Å². The van der Waals surface area contributed by atoms with Crippen LogP contribution in [-0.4, -0.2) is 25.5 Å². The molecule has 0 N–H and O–H groups in total. The maximum atomic E-state index is 11.8. The van der Waals surface area contributed by atoms with Gasteiger partial charge in [-0.3, -0.25) is 4.21 Å². The van der Waals surface area contributed by atoms with Crippen LogP contribution in [0.2, 0.25) is 0 Å². The minimum Gasteiger partial charge on any atom is -0.259 e. The van der Waals surface area contributed by atoms with E-state index in [1.54, 1.807) is 0 Å². The summed E-state index contributed by atoms with van der Waals surface area (Å²) in [5.41, 5.74) is 0. The van der Waals surface area contributed by atoms with E-state index >= 15 is 0 Å². The Bertz CT molecular complexity index is 189. The number of fused-ring (bicyclic) bond motifs is 2. The fourth-order valence-corrected chi connectivity index (χ4v) is 5.28. The minimum atomic E-state index is -0.760. The lowest BCUT2D eigenvalue weighted by atomic mass is 9.98. The normalized spacial score (nSPS) is 53.7. The van der Waals surface area contributed by atoms with Crippen LogP contribution in [-0.2, 0) is 10.8 Å². The van der Waals surface area contributed by atoms with Gasteiger partial charge in [-0.2, -0.15) is 0 Å². The van der Waals surface area contributed by atoms with Gasteiger partial charge in [0.2, 0.25) is 0 Å². The van der Waals surface area contributed by atoms with Crippen molar-refractivity contribution < 1.29 is 4.21 Å². The van der Waals surface area contributed by atoms with Gasteiger partial charge in [-0.1, -0.05) is 0 Å². The smallest absolute Gasteiger partial charge is 0.0515 e. The first kappa shape index (κ1) is 9.29. The van der Waals surface area contributed by atoms with E-state index < -0.39 is 10.8 Å². The Hall–Kier alpha value is 0.730. The summed E-state index contributed by atoms with van der Waals surface area (Å²) in [6.45, 7) is 0. The van der Waals surface area contributed by atoms with Crippen LogP contribution >= 0.6 is 23.2 Å². The summed E-state index contributed by atoms with van der Waals surface area (Å²) in [7, 11) is -0.760. The average Bonchev–Trinajstić information content (AvgIpc) is 2.01. The summed E-state index contributed by atoms with van der Waals surface area (Å²) in [5.74, 6) is 0. The molecule has 70 valence electrons. The molecule has 2 fully saturated rings. The van der Waals surface area contributed by atoms with Gasteiger partial charge in [-0.25, -0.2) is 0 Å². The van der Waals surface area contributed by atoms with Crippen LogP contribution in [0.25, 0.3) is 0 Å². The number of rotatable bonds is 0. The molecule has 0 aliphatic carbocycles. The molecule has 2 rings (SSSR count). The van der Waals surface area contributed by atoms with E-state index in [1.165, 1.54) is 0 Å². The zero-order valence-corrected chi connectivity index (χ0v) is 9.04. The predicted octanol–water partition coefficient (Wildman–Crippen LogP) is 2.27. The van der Waals surface area contributed by atoms with Crippen LogP contribution in [0.5, 0.6) is 0 Å². The third-order valence-corrected chi connectivity index (χ3v) is 6.52. The van der Waals surface area contributed by atoms with Gasteiger partial charge in [0, 0.05) is 21.6 Å².